The Morgan fingerprint density at radius 2 is 1.74 bits per heavy atom. The predicted molar refractivity (Wildman–Crippen MR) is 127 cm³/mol. The number of nitrogens with one attached hydrogen (secondary N) is 1. The number of hydrogen-bond acceptors (Lipinski definition) is 8. The Balaban J connectivity index is 1.77. The Kier molecular flexibility index (Phi) is 8.10. The van der Waals surface area contributed by atoms with E-state index in [1.165, 1.54) is 30.5 Å². The SMILES string of the molecule is N#CCOc1ccc(/C=N\NC(=O)CN(c2ccc([N+](=O)[O-])cc2)S(=O)(=O)c2ccccc2)cc1. The summed E-state index contributed by atoms with van der Waals surface area (Å²) in [6.07, 6.45) is 1.36. The normalized spacial score (nSPS) is 10.9. The quantitative estimate of drug-likeness (QED) is 0.259. The molecule has 11 nitrogen and oxygen atoms in total. The first-order chi connectivity index (χ1) is 16.8. The van der Waals surface area contributed by atoms with Gasteiger partial charge in [0, 0.05) is 12.1 Å². The monoisotopic (exact) mass is 493 g/mol. The maximum Gasteiger partial charge on any atom is 0.269 e. The summed E-state index contributed by atoms with van der Waals surface area (Å²) < 4.78 is 32.5. The third-order valence-electron chi connectivity index (χ3n) is 4.55. The molecule has 3 rings (SSSR count). The Labute approximate surface area is 201 Å². The Bertz CT molecular complexity index is 1350. The van der Waals surface area contributed by atoms with Crippen LogP contribution in [0.25, 0.3) is 0 Å². The highest BCUT2D eigenvalue weighted by Crippen LogP contribution is 2.25. The van der Waals surface area contributed by atoms with Crippen molar-refractivity contribution in [2.24, 2.45) is 5.10 Å². The van der Waals surface area contributed by atoms with E-state index >= 15 is 0 Å². The fraction of sp³-hybridized carbons (Fsp3) is 0.0870. The number of nitrogens with zero attached hydrogens (tertiary/aromatic N) is 4. The summed E-state index contributed by atoms with van der Waals surface area (Å²) in [5, 5.41) is 23.3. The number of nitro benzene ring substituents is 1. The topological polar surface area (TPSA) is 155 Å². The summed E-state index contributed by atoms with van der Waals surface area (Å²) in [6, 6.07) is 20.8. The molecule has 0 heterocycles. The van der Waals surface area contributed by atoms with E-state index in [1.807, 2.05) is 6.07 Å². The molecule has 0 unspecified atom stereocenters. The number of carbonyl (C=O) groups is 1. The number of carbonyl (C=O) groups excluding carboxylic acids is 1. The summed E-state index contributed by atoms with van der Waals surface area (Å²) in [6.45, 7) is -0.700. The lowest BCUT2D eigenvalue weighted by Crippen LogP contribution is -2.39. The van der Waals surface area contributed by atoms with E-state index in [9.17, 15) is 23.3 Å². The van der Waals surface area contributed by atoms with Crippen molar-refractivity contribution in [1.29, 1.82) is 5.26 Å². The molecule has 35 heavy (non-hydrogen) atoms. The van der Waals surface area contributed by atoms with Gasteiger partial charge in [0.2, 0.25) is 0 Å². The highest BCUT2D eigenvalue weighted by atomic mass is 32.2. The van der Waals surface area contributed by atoms with Crippen LogP contribution < -0.4 is 14.5 Å². The zero-order valence-electron chi connectivity index (χ0n) is 18.1. The fourth-order valence-corrected chi connectivity index (χ4v) is 4.33. The molecule has 3 aromatic rings. The number of hydrogen-bond donors (Lipinski definition) is 1. The molecule has 0 radical (unpaired) electrons. The van der Waals surface area contributed by atoms with Crippen LogP contribution in [0, 0.1) is 21.4 Å². The number of nitro groups is 1. The van der Waals surface area contributed by atoms with Crippen molar-refractivity contribution in [3.63, 3.8) is 0 Å². The van der Waals surface area contributed by atoms with Crippen LogP contribution in [0.4, 0.5) is 11.4 Å². The van der Waals surface area contributed by atoms with Crippen LogP contribution in [0.3, 0.4) is 0 Å². The van der Waals surface area contributed by atoms with Gasteiger partial charge in [0.05, 0.1) is 21.7 Å². The number of anilines is 1. The number of sulfonamides is 1. The first-order valence-corrected chi connectivity index (χ1v) is 11.5. The number of rotatable bonds is 10. The van der Waals surface area contributed by atoms with Gasteiger partial charge in [0.25, 0.3) is 21.6 Å². The molecule has 178 valence electrons. The smallest absolute Gasteiger partial charge is 0.269 e. The summed E-state index contributed by atoms with van der Waals surface area (Å²) in [5.74, 6) is -0.231. The minimum Gasteiger partial charge on any atom is -0.479 e. The molecule has 0 aliphatic carbocycles. The largest absolute Gasteiger partial charge is 0.479 e. The Morgan fingerprint density at radius 1 is 1.09 bits per heavy atom. The van der Waals surface area contributed by atoms with Crippen molar-refractivity contribution < 1.29 is 22.9 Å². The van der Waals surface area contributed by atoms with Gasteiger partial charge in [-0.3, -0.25) is 19.2 Å². The molecule has 3 aromatic carbocycles. The molecule has 1 amide bonds. The van der Waals surface area contributed by atoms with Gasteiger partial charge in [-0.05, 0) is 54.1 Å². The summed E-state index contributed by atoms with van der Waals surface area (Å²) in [5.41, 5.74) is 2.76. The lowest BCUT2D eigenvalue weighted by Gasteiger charge is -2.23. The first-order valence-electron chi connectivity index (χ1n) is 10.1. The molecule has 0 aliphatic rings. The van der Waals surface area contributed by atoms with Gasteiger partial charge in [0.1, 0.15) is 18.4 Å². The molecule has 0 atom stereocenters. The minimum absolute atomic E-state index is 0.0478. The molecule has 0 aliphatic heterocycles. The molecule has 0 aromatic heterocycles. The number of benzene rings is 3. The Morgan fingerprint density at radius 3 is 2.34 bits per heavy atom. The number of non-ortho nitro benzene ring substituents is 1. The Hall–Kier alpha value is -4.76. The van der Waals surface area contributed by atoms with E-state index in [2.05, 4.69) is 10.5 Å². The van der Waals surface area contributed by atoms with Gasteiger partial charge in [0.15, 0.2) is 6.61 Å². The van der Waals surface area contributed by atoms with Crippen molar-refractivity contribution in [3.8, 4) is 11.8 Å². The van der Waals surface area contributed by atoms with Crippen LogP contribution >= 0.6 is 0 Å². The number of amides is 1. The van der Waals surface area contributed by atoms with Gasteiger partial charge in [-0.1, -0.05) is 18.2 Å². The minimum atomic E-state index is -4.16. The molecule has 0 saturated heterocycles. The number of ether oxygens (including phenoxy) is 1. The van der Waals surface area contributed by atoms with E-state index in [0.717, 1.165) is 16.4 Å². The van der Waals surface area contributed by atoms with E-state index in [4.69, 9.17) is 10.00 Å². The van der Waals surface area contributed by atoms with E-state index in [-0.39, 0.29) is 22.9 Å². The molecule has 0 fully saturated rings. The van der Waals surface area contributed by atoms with Crippen molar-refractivity contribution in [2.45, 2.75) is 4.90 Å². The first kappa shape index (κ1) is 24.9. The maximum absolute atomic E-state index is 13.2. The van der Waals surface area contributed by atoms with Gasteiger partial charge < -0.3 is 4.74 Å². The van der Waals surface area contributed by atoms with Crippen LogP contribution in [-0.2, 0) is 14.8 Å². The van der Waals surface area contributed by atoms with Crippen LogP contribution in [0.2, 0.25) is 0 Å². The second kappa shape index (κ2) is 11.4. The van der Waals surface area contributed by atoms with Crippen molar-refractivity contribution >= 4 is 33.5 Å². The van der Waals surface area contributed by atoms with Crippen LogP contribution in [0.15, 0.2) is 88.9 Å². The summed E-state index contributed by atoms with van der Waals surface area (Å²) in [7, 11) is -4.16. The van der Waals surface area contributed by atoms with Gasteiger partial charge in [-0.25, -0.2) is 13.8 Å². The van der Waals surface area contributed by atoms with Crippen LogP contribution in [-0.4, -0.2) is 38.6 Å². The predicted octanol–water partition coefficient (Wildman–Crippen LogP) is 2.84. The molecule has 12 heteroatoms. The highest BCUT2D eigenvalue weighted by Gasteiger charge is 2.27. The average Bonchev–Trinajstić information content (AvgIpc) is 2.87. The average molecular weight is 494 g/mol. The molecular weight excluding hydrogens is 474 g/mol. The molecule has 1 N–H and O–H groups in total. The van der Waals surface area contributed by atoms with Crippen LogP contribution in [0.5, 0.6) is 5.75 Å². The second-order valence-electron chi connectivity index (χ2n) is 6.91. The van der Waals surface area contributed by atoms with Crippen LogP contribution in [0.1, 0.15) is 5.56 Å². The maximum atomic E-state index is 13.2. The summed E-state index contributed by atoms with van der Waals surface area (Å²) >= 11 is 0. The number of hydrazone groups is 1. The van der Waals surface area contributed by atoms with Gasteiger partial charge in [-0.15, -0.1) is 0 Å². The highest BCUT2D eigenvalue weighted by molar-refractivity contribution is 7.92. The van der Waals surface area contributed by atoms with Crippen molar-refractivity contribution in [3.05, 3.63) is 94.5 Å². The van der Waals surface area contributed by atoms with Gasteiger partial charge >= 0.3 is 0 Å². The molecule has 0 bridgehead atoms. The van der Waals surface area contributed by atoms with Crippen molar-refractivity contribution in [2.75, 3.05) is 17.5 Å². The van der Waals surface area contributed by atoms with E-state index in [1.54, 1.807) is 42.5 Å². The summed E-state index contributed by atoms with van der Waals surface area (Å²) in [4.78, 5) is 22.8. The van der Waals surface area contributed by atoms with Gasteiger partial charge in [-0.2, -0.15) is 10.4 Å². The fourth-order valence-electron chi connectivity index (χ4n) is 2.89. The van der Waals surface area contributed by atoms with E-state index < -0.39 is 27.4 Å². The lowest BCUT2D eigenvalue weighted by atomic mass is 10.2. The molecule has 0 saturated carbocycles. The molecular formula is C23H19N5O6S. The lowest BCUT2D eigenvalue weighted by molar-refractivity contribution is -0.384. The standard InChI is InChI=1S/C23H19N5O6S/c24-14-15-34-21-12-6-18(7-13-21)16-25-26-23(29)17-27(19-8-10-20(11-9-19)28(30)31)35(32,33)22-4-2-1-3-5-22/h1-13,16H,15,17H2,(H,26,29)/b25-16-. The number of nitriles is 1. The molecule has 0 spiro atoms. The zero-order chi connectivity index (χ0) is 25.3. The second-order valence-corrected chi connectivity index (χ2v) is 8.77. The van der Waals surface area contributed by atoms with Crippen molar-refractivity contribution in [1.82, 2.24) is 5.43 Å². The third kappa shape index (κ3) is 6.62. The van der Waals surface area contributed by atoms with E-state index in [0.29, 0.717) is 11.3 Å². The third-order valence-corrected chi connectivity index (χ3v) is 6.34. The zero-order valence-corrected chi connectivity index (χ0v) is 19.0.